The third-order valence-electron chi connectivity index (χ3n) is 2.46. The van der Waals surface area contributed by atoms with Gasteiger partial charge in [-0.2, -0.15) is 11.8 Å². The van der Waals surface area contributed by atoms with E-state index >= 15 is 0 Å². The van der Waals surface area contributed by atoms with Crippen LogP contribution in [0.4, 0.5) is 5.13 Å². The zero-order valence-corrected chi connectivity index (χ0v) is 13.4. The minimum atomic E-state index is 0.437. The van der Waals surface area contributed by atoms with E-state index in [-0.39, 0.29) is 0 Å². The summed E-state index contributed by atoms with van der Waals surface area (Å²) in [7, 11) is 1.90. The predicted molar refractivity (Wildman–Crippen MR) is 84.1 cm³/mol. The molecule has 0 bridgehead atoms. The van der Waals surface area contributed by atoms with E-state index in [4.69, 9.17) is 4.98 Å². The van der Waals surface area contributed by atoms with E-state index in [1.54, 1.807) is 22.7 Å². The van der Waals surface area contributed by atoms with Crippen LogP contribution in [0.15, 0.2) is 5.38 Å². The summed E-state index contributed by atoms with van der Waals surface area (Å²) in [6.07, 6.45) is 2.11. The molecule has 0 amide bonds. The van der Waals surface area contributed by atoms with Gasteiger partial charge in [0.05, 0.1) is 16.3 Å². The lowest BCUT2D eigenvalue weighted by Gasteiger charge is -2.02. The molecule has 2 aromatic rings. The molecular formula is C12H17N3S3. The zero-order valence-electron chi connectivity index (χ0n) is 11.0. The van der Waals surface area contributed by atoms with Crippen molar-refractivity contribution in [1.29, 1.82) is 0 Å². The van der Waals surface area contributed by atoms with Gasteiger partial charge in [-0.1, -0.05) is 13.8 Å². The molecule has 0 aliphatic heterocycles. The van der Waals surface area contributed by atoms with Crippen molar-refractivity contribution >= 4 is 39.6 Å². The average molecular weight is 299 g/mol. The number of rotatable bonds is 5. The standard InChI is InChI=1S/C12H17N3S3/c1-7(2)10-11(18-9(15-10)6-16-4)8-5-17-12(13-3)14-8/h5,7H,6H2,1-4H3,(H,13,14). The Kier molecular flexibility index (Phi) is 4.64. The van der Waals surface area contributed by atoms with E-state index in [0.717, 1.165) is 16.6 Å². The molecule has 18 heavy (non-hydrogen) atoms. The van der Waals surface area contributed by atoms with Crippen LogP contribution >= 0.6 is 34.4 Å². The lowest BCUT2D eigenvalue weighted by Crippen LogP contribution is -1.92. The Labute approximate surface area is 120 Å². The van der Waals surface area contributed by atoms with E-state index in [0.29, 0.717) is 5.92 Å². The first-order chi connectivity index (χ1) is 8.65. The normalized spacial score (nSPS) is 11.2. The van der Waals surface area contributed by atoms with E-state index in [1.165, 1.54) is 15.6 Å². The first kappa shape index (κ1) is 13.8. The van der Waals surface area contributed by atoms with Crippen LogP contribution in [0.3, 0.4) is 0 Å². The second-order valence-corrected chi connectivity index (χ2v) is 7.01. The van der Waals surface area contributed by atoms with Gasteiger partial charge in [0.2, 0.25) is 0 Å². The first-order valence-corrected chi connectivity index (χ1v) is 8.87. The molecule has 2 heterocycles. The molecule has 0 unspecified atom stereocenters. The van der Waals surface area contributed by atoms with Crippen molar-refractivity contribution in [1.82, 2.24) is 9.97 Å². The summed E-state index contributed by atoms with van der Waals surface area (Å²) in [5.74, 6) is 1.42. The Hall–Kier alpha value is -0.590. The highest BCUT2D eigenvalue weighted by Crippen LogP contribution is 2.36. The molecule has 2 aromatic heterocycles. The van der Waals surface area contributed by atoms with Gasteiger partial charge in [0.15, 0.2) is 5.13 Å². The third-order valence-corrected chi connectivity index (χ3v) is 5.16. The van der Waals surface area contributed by atoms with Crippen LogP contribution in [-0.2, 0) is 5.75 Å². The largest absolute Gasteiger partial charge is 0.365 e. The van der Waals surface area contributed by atoms with Gasteiger partial charge in [-0.15, -0.1) is 22.7 Å². The summed E-state index contributed by atoms with van der Waals surface area (Å²) in [6, 6.07) is 0. The van der Waals surface area contributed by atoms with Gasteiger partial charge in [0, 0.05) is 18.2 Å². The van der Waals surface area contributed by atoms with Gasteiger partial charge in [-0.25, -0.2) is 9.97 Å². The Balaban J connectivity index is 2.41. The molecule has 3 nitrogen and oxygen atoms in total. The topological polar surface area (TPSA) is 37.8 Å². The van der Waals surface area contributed by atoms with Crippen LogP contribution in [0.5, 0.6) is 0 Å². The van der Waals surface area contributed by atoms with E-state index in [9.17, 15) is 0 Å². The van der Waals surface area contributed by atoms with Crippen molar-refractivity contribution in [2.45, 2.75) is 25.5 Å². The van der Waals surface area contributed by atoms with E-state index < -0.39 is 0 Å². The first-order valence-electron chi connectivity index (χ1n) is 5.78. The van der Waals surface area contributed by atoms with Crippen LogP contribution < -0.4 is 5.32 Å². The molecule has 0 atom stereocenters. The summed E-state index contributed by atoms with van der Waals surface area (Å²) >= 11 is 5.22. The average Bonchev–Trinajstić information content (AvgIpc) is 2.94. The second kappa shape index (κ2) is 6.04. The molecule has 98 valence electrons. The third kappa shape index (κ3) is 2.87. The monoisotopic (exact) mass is 299 g/mol. The predicted octanol–water partition coefficient (Wildman–Crippen LogP) is 4.29. The summed E-state index contributed by atoms with van der Waals surface area (Å²) in [4.78, 5) is 10.6. The van der Waals surface area contributed by atoms with Crippen LogP contribution in [0, 0.1) is 0 Å². The number of nitrogens with zero attached hydrogens (tertiary/aromatic N) is 2. The highest BCUT2D eigenvalue weighted by molar-refractivity contribution is 7.97. The number of thioether (sulfide) groups is 1. The Morgan fingerprint density at radius 2 is 2.17 bits per heavy atom. The van der Waals surface area contributed by atoms with Gasteiger partial charge < -0.3 is 5.32 Å². The van der Waals surface area contributed by atoms with Crippen molar-refractivity contribution in [3.05, 3.63) is 16.1 Å². The number of thiazole rings is 2. The summed E-state index contributed by atoms with van der Waals surface area (Å²) in [5, 5.41) is 7.34. The SMILES string of the molecule is CNc1nc(-c2sc(CSC)nc2C(C)C)cs1. The summed E-state index contributed by atoms with van der Waals surface area (Å²) in [6.45, 7) is 4.37. The fourth-order valence-electron chi connectivity index (χ4n) is 1.63. The van der Waals surface area contributed by atoms with Crippen molar-refractivity contribution in [2.24, 2.45) is 0 Å². The Bertz CT molecular complexity index is 516. The van der Waals surface area contributed by atoms with Crippen molar-refractivity contribution in [3.8, 4) is 10.6 Å². The number of hydrogen-bond acceptors (Lipinski definition) is 6. The van der Waals surface area contributed by atoms with Gasteiger partial charge >= 0.3 is 0 Å². The highest BCUT2D eigenvalue weighted by atomic mass is 32.2. The highest BCUT2D eigenvalue weighted by Gasteiger charge is 2.17. The van der Waals surface area contributed by atoms with Gasteiger partial charge in [0.1, 0.15) is 5.01 Å². The lowest BCUT2D eigenvalue weighted by molar-refractivity contribution is 0.829. The molecule has 0 saturated carbocycles. The van der Waals surface area contributed by atoms with Gasteiger partial charge in [0.25, 0.3) is 0 Å². The van der Waals surface area contributed by atoms with E-state index in [1.807, 2.05) is 18.8 Å². The van der Waals surface area contributed by atoms with Crippen molar-refractivity contribution in [2.75, 3.05) is 18.6 Å². The van der Waals surface area contributed by atoms with Crippen LogP contribution in [0.2, 0.25) is 0 Å². The quantitative estimate of drug-likeness (QED) is 0.893. The maximum absolute atomic E-state index is 4.75. The summed E-state index contributed by atoms with van der Waals surface area (Å²) < 4.78 is 0. The number of hydrogen-bond donors (Lipinski definition) is 1. The molecule has 0 aliphatic carbocycles. The molecule has 2 rings (SSSR count). The molecule has 1 N–H and O–H groups in total. The molecule has 0 aromatic carbocycles. The molecule has 0 radical (unpaired) electrons. The molecular weight excluding hydrogens is 282 g/mol. The van der Waals surface area contributed by atoms with Gasteiger partial charge in [-0.3, -0.25) is 0 Å². The van der Waals surface area contributed by atoms with Crippen molar-refractivity contribution < 1.29 is 0 Å². The molecule has 6 heteroatoms. The van der Waals surface area contributed by atoms with Crippen molar-refractivity contribution in [3.63, 3.8) is 0 Å². The number of anilines is 1. The summed E-state index contributed by atoms with van der Waals surface area (Å²) in [5.41, 5.74) is 2.23. The maximum Gasteiger partial charge on any atom is 0.182 e. The minimum Gasteiger partial charge on any atom is -0.365 e. The Morgan fingerprint density at radius 3 is 2.72 bits per heavy atom. The second-order valence-electron chi connectivity index (χ2n) is 4.20. The van der Waals surface area contributed by atoms with Crippen LogP contribution in [-0.4, -0.2) is 23.3 Å². The fourth-order valence-corrected chi connectivity index (χ4v) is 4.24. The molecule has 0 fully saturated rings. The fraction of sp³-hybridized carbons (Fsp3) is 0.500. The number of aromatic nitrogens is 2. The zero-order chi connectivity index (χ0) is 13.1. The maximum atomic E-state index is 4.75. The molecule has 0 spiro atoms. The molecule has 0 saturated heterocycles. The van der Waals surface area contributed by atoms with E-state index in [2.05, 4.69) is 35.8 Å². The van der Waals surface area contributed by atoms with Gasteiger partial charge in [-0.05, 0) is 12.2 Å². The smallest absolute Gasteiger partial charge is 0.182 e. The lowest BCUT2D eigenvalue weighted by atomic mass is 10.1. The Morgan fingerprint density at radius 1 is 1.39 bits per heavy atom. The minimum absolute atomic E-state index is 0.437. The van der Waals surface area contributed by atoms with Crippen LogP contribution in [0.1, 0.15) is 30.5 Å². The van der Waals surface area contributed by atoms with Crippen LogP contribution in [0.25, 0.3) is 10.6 Å². The number of nitrogens with one attached hydrogen (secondary N) is 1. The molecule has 0 aliphatic rings.